The predicted molar refractivity (Wildman–Crippen MR) is 115 cm³/mol. The van der Waals surface area contributed by atoms with Gasteiger partial charge in [0.2, 0.25) is 11.7 Å². The second kappa shape index (κ2) is 8.02. The maximum Gasteiger partial charge on any atom is 0.318 e. The van der Waals surface area contributed by atoms with E-state index in [9.17, 15) is 9.18 Å². The molecule has 7 nitrogen and oxygen atoms in total. The van der Waals surface area contributed by atoms with Crippen molar-refractivity contribution in [2.24, 2.45) is 0 Å². The van der Waals surface area contributed by atoms with Crippen molar-refractivity contribution in [2.75, 3.05) is 19.7 Å². The Kier molecular flexibility index (Phi) is 5.17. The van der Waals surface area contributed by atoms with Crippen molar-refractivity contribution in [1.82, 2.24) is 20.4 Å². The zero-order chi connectivity index (χ0) is 22.3. The van der Waals surface area contributed by atoms with E-state index in [1.165, 1.54) is 17.2 Å². The van der Waals surface area contributed by atoms with E-state index in [0.29, 0.717) is 42.5 Å². The van der Waals surface area contributed by atoms with Gasteiger partial charge in [0.15, 0.2) is 0 Å². The van der Waals surface area contributed by atoms with Crippen LogP contribution in [0.2, 0.25) is 0 Å². The molecule has 1 fully saturated rings. The van der Waals surface area contributed by atoms with E-state index in [0.717, 1.165) is 12.8 Å². The maximum absolute atomic E-state index is 13.5. The van der Waals surface area contributed by atoms with Crippen molar-refractivity contribution in [2.45, 2.75) is 38.3 Å². The number of carbonyl (C=O) groups excluding carboxylic acids is 1. The summed E-state index contributed by atoms with van der Waals surface area (Å²) in [6.45, 7) is 5.00. The number of hydrogen-bond acceptors (Lipinski definition) is 5. The molecule has 2 unspecified atom stereocenters. The normalized spacial score (nSPS) is 20.9. The number of nitrogens with one attached hydrogen (secondary N) is 1. The molecule has 0 radical (unpaired) electrons. The lowest BCUT2D eigenvalue weighted by atomic mass is 9.94. The maximum atomic E-state index is 13.5. The summed E-state index contributed by atoms with van der Waals surface area (Å²) in [6.07, 6.45) is 1.82. The van der Waals surface area contributed by atoms with Crippen LogP contribution in [0.4, 0.5) is 9.18 Å². The van der Waals surface area contributed by atoms with Crippen molar-refractivity contribution in [3.63, 3.8) is 0 Å². The predicted octanol–water partition coefficient (Wildman–Crippen LogP) is 4.13. The molecule has 0 bridgehead atoms. The van der Waals surface area contributed by atoms with Gasteiger partial charge in [-0.15, -0.1) is 0 Å². The van der Waals surface area contributed by atoms with Gasteiger partial charge in [-0.1, -0.05) is 29.4 Å². The minimum atomic E-state index is -0.472. The zero-order valence-corrected chi connectivity index (χ0v) is 18.1. The van der Waals surface area contributed by atoms with Crippen LogP contribution in [0.1, 0.15) is 42.0 Å². The smallest absolute Gasteiger partial charge is 0.318 e. The number of halogens is 1. The number of fused-ring (bicyclic) bond motifs is 2. The van der Waals surface area contributed by atoms with Gasteiger partial charge in [-0.3, -0.25) is 0 Å². The van der Waals surface area contributed by atoms with E-state index in [1.54, 1.807) is 30.9 Å². The van der Waals surface area contributed by atoms with Crippen molar-refractivity contribution in [1.29, 1.82) is 0 Å². The van der Waals surface area contributed by atoms with E-state index < -0.39 is 11.6 Å². The third-order valence-electron chi connectivity index (χ3n) is 6.35. The van der Waals surface area contributed by atoms with Crippen molar-refractivity contribution in [3.8, 4) is 11.4 Å². The van der Waals surface area contributed by atoms with E-state index >= 15 is 0 Å². The molecule has 2 amide bonds. The minimum absolute atomic E-state index is 0.193. The average Bonchev–Trinajstić information content (AvgIpc) is 3.42. The van der Waals surface area contributed by atoms with Gasteiger partial charge in [0.25, 0.3) is 0 Å². The van der Waals surface area contributed by atoms with Crippen molar-refractivity contribution >= 4 is 6.03 Å². The fraction of sp³-hybridized carbons (Fsp3) is 0.375. The molecule has 2 aromatic carbocycles. The number of ether oxygens (including phenoxy) is 1. The molecule has 2 heterocycles. The number of urea groups is 1. The number of aromatic nitrogens is 2. The van der Waals surface area contributed by atoms with Crippen LogP contribution in [0.5, 0.6) is 0 Å². The summed E-state index contributed by atoms with van der Waals surface area (Å²) in [4.78, 5) is 19.2. The Hall–Kier alpha value is -3.26. The first-order valence-electron chi connectivity index (χ1n) is 10.8. The van der Waals surface area contributed by atoms with E-state index in [2.05, 4.69) is 27.6 Å². The highest BCUT2D eigenvalue weighted by molar-refractivity contribution is 5.75. The third-order valence-corrected chi connectivity index (χ3v) is 6.35. The number of nitrogens with zero attached hydrogens (tertiary/aromatic N) is 3. The highest BCUT2D eigenvalue weighted by Gasteiger charge is 2.44. The molecule has 8 heteroatoms. The topological polar surface area (TPSA) is 80.5 Å². The van der Waals surface area contributed by atoms with E-state index in [-0.39, 0.29) is 11.8 Å². The summed E-state index contributed by atoms with van der Waals surface area (Å²) in [6, 6.07) is 12.3. The number of hydrogen-bond donors (Lipinski definition) is 1. The molecule has 2 atom stereocenters. The molecular formula is C24H25FN4O3. The van der Waals surface area contributed by atoms with Gasteiger partial charge in [-0.05, 0) is 61.6 Å². The summed E-state index contributed by atoms with van der Waals surface area (Å²) < 4.78 is 25.1. The molecule has 1 aliphatic heterocycles. The van der Waals surface area contributed by atoms with Gasteiger partial charge < -0.3 is 19.5 Å². The molecule has 2 aliphatic rings. The number of amides is 2. The molecule has 5 rings (SSSR count). The van der Waals surface area contributed by atoms with Gasteiger partial charge in [0.05, 0.1) is 13.2 Å². The van der Waals surface area contributed by atoms with Crippen LogP contribution in [0.3, 0.4) is 0 Å². The molecule has 3 aromatic rings. The summed E-state index contributed by atoms with van der Waals surface area (Å²) >= 11 is 0. The Balaban J connectivity index is 1.27. The number of benzene rings is 2. The van der Waals surface area contributed by atoms with Crippen LogP contribution in [0.15, 0.2) is 47.0 Å². The minimum Gasteiger partial charge on any atom is -0.367 e. The molecule has 1 aromatic heterocycles. The van der Waals surface area contributed by atoms with Crippen LogP contribution in [0, 0.1) is 12.7 Å². The van der Waals surface area contributed by atoms with Crippen LogP contribution in [0.25, 0.3) is 11.4 Å². The highest BCUT2D eigenvalue weighted by Crippen LogP contribution is 2.42. The van der Waals surface area contributed by atoms with Crippen LogP contribution < -0.4 is 5.32 Å². The molecule has 1 aliphatic carbocycles. The summed E-state index contributed by atoms with van der Waals surface area (Å²) in [7, 11) is 0. The van der Waals surface area contributed by atoms with Gasteiger partial charge in [-0.2, -0.15) is 4.98 Å². The summed E-state index contributed by atoms with van der Waals surface area (Å²) in [5, 5.41) is 6.94. The fourth-order valence-electron chi connectivity index (χ4n) is 4.58. The van der Waals surface area contributed by atoms with Crippen molar-refractivity contribution < 1.29 is 18.4 Å². The first-order chi connectivity index (χ1) is 15.4. The highest BCUT2D eigenvalue weighted by atomic mass is 19.1. The Morgan fingerprint density at radius 1 is 1.28 bits per heavy atom. The molecule has 1 spiro atoms. The molecule has 1 saturated heterocycles. The third kappa shape index (κ3) is 3.64. The van der Waals surface area contributed by atoms with Crippen LogP contribution in [-0.4, -0.2) is 40.8 Å². The molecule has 166 valence electrons. The van der Waals surface area contributed by atoms with Gasteiger partial charge in [0, 0.05) is 12.1 Å². The Bertz CT molecular complexity index is 1160. The number of aryl methyl sites for hydroxylation is 2. The second-order valence-electron chi connectivity index (χ2n) is 8.51. The quantitative estimate of drug-likeness (QED) is 0.668. The van der Waals surface area contributed by atoms with E-state index in [1.807, 2.05) is 12.1 Å². The SMILES string of the molecule is Cc1cc(-c2noc(C(C)NC(=O)N3CCOC4(CCc5ccccc54)C3)n2)ccc1F. The van der Waals surface area contributed by atoms with E-state index in [4.69, 9.17) is 9.26 Å². The standard InChI is InChI=1S/C24H25FN4O3/c1-15-13-18(7-8-20(15)25)21-27-22(32-28-21)16(2)26-23(30)29-11-12-31-24(14-29)10-9-17-5-3-4-6-19(17)24/h3-8,13,16H,9-12,14H2,1-2H3,(H,26,30). The Morgan fingerprint density at radius 3 is 2.97 bits per heavy atom. The van der Waals surface area contributed by atoms with Crippen LogP contribution >= 0.6 is 0 Å². The fourth-order valence-corrected chi connectivity index (χ4v) is 4.58. The first kappa shape index (κ1) is 20.6. The summed E-state index contributed by atoms with van der Waals surface area (Å²) in [5.41, 5.74) is 3.20. The molecule has 1 N–H and O–H groups in total. The average molecular weight is 436 g/mol. The second-order valence-corrected chi connectivity index (χ2v) is 8.51. The lowest BCUT2D eigenvalue weighted by molar-refractivity contribution is -0.102. The lowest BCUT2D eigenvalue weighted by Crippen LogP contribution is -2.54. The number of carbonyl (C=O) groups is 1. The molecule has 0 saturated carbocycles. The lowest BCUT2D eigenvalue weighted by Gasteiger charge is -2.41. The zero-order valence-electron chi connectivity index (χ0n) is 18.1. The number of rotatable bonds is 3. The Morgan fingerprint density at radius 2 is 2.12 bits per heavy atom. The summed E-state index contributed by atoms with van der Waals surface area (Å²) in [5.74, 6) is 0.368. The first-order valence-corrected chi connectivity index (χ1v) is 10.8. The van der Waals surface area contributed by atoms with Crippen LogP contribution in [-0.2, 0) is 16.8 Å². The number of morpholine rings is 1. The molecular weight excluding hydrogens is 411 g/mol. The monoisotopic (exact) mass is 436 g/mol. The van der Waals surface area contributed by atoms with Gasteiger partial charge in [0.1, 0.15) is 17.5 Å². The molecule has 32 heavy (non-hydrogen) atoms. The van der Waals surface area contributed by atoms with Gasteiger partial charge in [-0.25, -0.2) is 9.18 Å². The van der Waals surface area contributed by atoms with Crippen molar-refractivity contribution in [3.05, 3.63) is 70.9 Å². The Labute approximate surface area is 185 Å². The largest absolute Gasteiger partial charge is 0.367 e. The van der Waals surface area contributed by atoms with Gasteiger partial charge >= 0.3 is 6.03 Å².